The van der Waals surface area contributed by atoms with Crippen LogP contribution in [0.3, 0.4) is 0 Å². The van der Waals surface area contributed by atoms with Gasteiger partial charge in [-0.15, -0.1) is 11.6 Å². The fourth-order valence-corrected chi connectivity index (χ4v) is 3.26. The molecule has 0 aromatic rings. The summed E-state index contributed by atoms with van der Waals surface area (Å²) in [6.07, 6.45) is 2.05. The van der Waals surface area contributed by atoms with Gasteiger partial charge < -0.3 is 0 Å². The Labute approximate surface area is 92.3 Å². The molecule has 0 aliphatic heterocycles. The van der Waals surface area contributed by atoms with Gasteiger partial charge in [0, 0.05) is 11.4 Å². The molecule has 0 aliphatic carbocycles. The Bertz CT molecular complexity index is 254. The van der Waals surface area contributed by atoms with Gasteiger partial charge in [0.1, 0.15) is 0 Å². The van der Waals surface area contributed by atoms with Crippen LogP contribution in [0.1, 0.15) is 40.0 Å². The van der Waals surface area contributed by atoms with Crippen molar-refractivity contribution >= 4 is 21.6 Å². The summed E-state index contributed by atoms with van der Waals surface area (Å²) in [5, 5.41) is 0. The Morgan fingerprint density at radius 2 is 1.93 bits per heavy atom. The summed E-state index contributed by atoms with van der Waals surface area (Å²) >= 11 is 5.64. The molecule has 1 unspecified atom stereocenters. The van der Waals surface area contributed by atoms with E-state index in [4.69, 9.17) is 11.6 Å². The molecule has 0 saturated heterocycles. The molecule has 0 spiro atoms. The Kier molecular flexibility index (Phi) is 6.02. The second kappa shape index (κ2) is 5.93. The first kappa shape index (κ1) is 14.2. The summed E-state index contributed by atoms with van der Waals surface area (Å²) < 4.78 is 25.8. The zero-order valence-corrected chi connectivity index (χ0v) is 10.7. The van der Waals surface area contributed by atoms with E-state index in [2.05, 4.69) is 4.72 Å². The highest BCUT2D eigenvalue weighted by Crippen LogP contribution is 2.16. The highest BCUT2D eigenvalue weighted by molar-refractivity contribution is 7.89. The summed E-state index contributed by atoms with van der Waals surface area (Å²) in [7, 11) is -3.13. The van der Waals surface area contributed by atoms with Crippen LogP contribution in [-0.4, -0.2) is 25.6 Å². The SMILES string of the molecule is CCCS(=O)(=O)NC(C)(CC)CCCl. The lowest BCUT2D eigenvalue weighted by molar-refractivity contribution is 0.390. The Hall–Kier alpha value is 0.200. The number of rotatable bonds is 7. The Morgan fingerprint density at radius 1 is 1.36 bits per heavy atom. The topological polar surface area (TPSA) is 46.2 Å². The van der Waals surface area contributed by atoms with Crippen molar-refractivity contribution in [1.82, 2.24) is 4.72 Å². The van der Waals surface area contributed by atoms with Gasteiger partial charge in [-0.05, 0) is 26.2 Å². The highest BCUT2D eigenvalue weighted by atomic mass is 35.5. The molecule has 0 aromatic heterocycles. The molecule has 14 heavy (non-hydrogen) atoms. The molecule has 1 atom stereocenters. The molecule has 0 saturated carbocycles. The van der Waals surface area contributed by atoms with Crippen LogP contribution in [0.25, 0.3) is 0 Å². The van der Waals surface area contributed by atoms with Crippen molar-refractivity contribution in [2.45, 2.75) is 45.6 Å². The number of halogens is 1. The number of hydrogen-bond acceptors (Lipinski definition) is 2. The summed E-state index contributed by atoms with van der Waals surface area (Å²) in [6, 6.07) is 0. The molecule has 1 N–H and O–H groups in total. The number of hydrogen-bond donors (Lipinski definition) is 1. The summed E-state index contributed by atoms with van der Waals surface area (Å²) in [4.78, 5) is 0. The maximum atomic E-state index is 11.5. The van der Waals surface area contributed by atoms with Gasteiger partial charge in [0.2, 0.25) is 10.0 Å². The quantitative estimate of drug-likeness (QED) is 0.694. The minimum absolute atomic E-state index is 0.185. The van der Waals surface area contributed by atoms with Crippen molar-refractivity contribution in [3.8, 4) is 0 Å². The molecule has 0 rings (SSSR count). The zero-order chi connectivity index (χ0) is 11.2. The molecule has 0 fully saturated rings. The molecule has 0 aliphatic rings. The van der Waals surface area contributed by atoms with E-state index < -0.39 is 15.6 Å². The Morgan fingerprint density at radius 3 is 2.29 bits per heavy atom. The minimum atomic E-state index is -3.13. The van der Waals surface area contributed by atoms with Crippen LogP contribution in [0.15, 0.2) is 0 Å². The molecule has 0 radical (unpaired) electrons. The molecule has 3 nitrogen and oxygen atoms in total. The van der Waals surface area contributed by atoms with E-state index in [0.717, 1.165) is 6.42 Å². The monoisotopic (exact) mass is 241 g/mol. The largest absolute Gasteiger partial charge is 0.212 e. The fourth-order valence-electron chi connectivity index (χ4n) is 1.20. The highest BCUT2D eigenvalue weighted by Gasteiger charge is 2.26. The normalized spacial score (nSPS) is 16.6. The first-order valence-electron chi connectivity index (χ1n) is 4.96. The van der Waals surface area contributed by atoms with Crippen molar-refractivity contribution in [3.05, 3.63) is 0 Å². The fraction of sp³-hybridized carbons (Fsp3) is 1.00. The third kappa shape index (κ3) is 5.17. The van der Waals surface area contributed by atoms with Gasteiger partial charge in [0.25, 0.3) is 0 Å². The van der Waals surface area contributed by atoms with Crippen LogP contribution < -0.4 is 4.72 Å². The van der Waals surface area contributed by atoms with Crippen molar-refractivity contribution in [3.63, 3.8) is 0 Å². The van der Waals surface area contributed by atoms with Gasteiger partial charge in [-0.3, -0.25) is 0 Å². The third-order valence-corrected chi connectivity index (χ3v) is 4.24. The molecule has 86 valence electrons. The lowest BCUT2D eigenvalue weighted by Gasteiger charge is -2.28. The average molecular weight is 242 g/mol. The van der Waals surface area contributed by atoms with E-state index in [0.29, 0.717) is 18.7 Å². The van der Waals surface area contributed by atoms with Crippen LogP contribution in [0, 0.1) is 0 Å². The predicted octanol–water partition coefficient (Wildman–Crippen LogP) is 2.11. The standard InChI is InChI=1S/C9H20ClNO2S/c1-4-8-14(12,13)11-9(3,5-2)6-7-10/h11H,4-8H2,1-3H3. The van der Waals surface area contributed by atoms with Crippen LogP contribution in [-0.2, 0) is 10.0 Å². The molecular formula is C9H20ClNO2S. The summed E-state index contributed by atoms with van der Waals surface area (Å²) in [6.45, 7) is 5.70. The van der Waals surface area contributed by atoms with Gasteiger partial charge in [-0.1, -0.05) is 13.8 Å². The zero-order valence-electron chi connectivity index (χ0n) is 9.14. The van der Waals surface area contributed by atoms with E-state index in [9.17, 15) is 8.42 Å². The molecule has 0 amide bonds. The van der Waals surface area contributed by atoms with Gasteiger partial charge in [-0.25, -0.2) is 13.1 Å². The van der Waals surface area contributed by atoms with Gasteiger partial charge in [0.15, 0.2) is 0 Å². The second-order valence-corrected chi connectivity index (χ2v) is 5.99. The molecular weight excluding hydrogens is 222 g/mol. The number of nitrogens with one attached hydrogen (secondary N) is 1. The smallest absolute Gasteiger partial charge is 0.212 e. The summed E-state index contributed by atoms with van der Waals surface area (Å²) in [5.41, 5.74) is -0.393. The second-order valence-electron chi connectivity index (χ2n) is 3.77. The van der Waals surface area contributed by atoms with Crippen molar-refractivity contribution < 1.29 is 8.42 Å². The molecule has 0 bridgehead atoms. The summed E-state index contributed by atoms with van der Waals surface area (Å²) in [5.74, 6) is 0.657. The maximum Gasteiger partial charge on any atom is 0.212 e. The maximum absolute atomic E-state index is 11.5. The molecule has 0 heterocycles. The molecule has 5 heteroatoms. The van der Waals surface area contributed by atoms with Crippen molar-refractivity contribution in [2.75, 3.05) is 11.6 Å². The van der Waals surface area contributed by atoms with Crippen molar-refractivity contribution in [1.29, 1.82) is 0 Å². The van der Waals surface area contributed by atoms with Crippen LogP contribution in [0.2, 0.25) is 0 Å². The first-order chi connectivity index (χ1) is 6.39. The van der Waals surface area contributed by atoms with E-state index in [1.807, 2.05) is 20.8 Å². The number of sulfonamides is 1. The number of alkyl halides is 1. The van der Waals surface area contributed by atoms with E-state index in [1.54, 1.807) is 0 Å². The van der Waals surface area contributed by atoms with E-state index in [-0.39, 0.29) is 5.75 Å². The van der Waals surface area contributed by atoms with Crippen molar-refractivity contribution in [2.24, 2.45) is 0 Å². The van der Waals surface area contributed by atoms with Crippen LogP contribution in [0.5, 0.6) is 0 Å². The lowest BCUT2D eigenvalue weighted by atomic mass is 9.97. The predicted molar refractivity (Wildman–Crippen MR) is 61.2 cm³/mol. The van der Waals surface area contributed by atoms with E-state index >= 15 is 0 Å². The van der Waals surface area contributed by atoms with Crippen LogP contribution in [0.4, 0.5) is 0 Å². The van der Waals surface area contributed by atoms with Gasteiger partial charge in [0.05, 0.1) is 5.75 Å². The average Bonchev–Trinajstić information content (AvgIpc) is 2.03. The lowest BCUT2D eigenvalue weighted by Crippen LogP contribution is -2.46. The third-order valence-electron chi connectivity index (χ3n) is 2.30. The van der Waals surface area contributed by atoms with Gasteiger partial charge >= 0.3 is 0 Å². The van der Waals surface area contributed by atoms with E-state index in [1.165, 1.54) is 0 Å². The Balaban J connectivity index is 4.44. The van der Waals surface area contributed by atoms with Crippen LogP contribution >= 0.6 is 11.6 Å². The molecule has 0 aromatic carbocycles. The first-order valence-corrected chi connectivity index (χ1v) is 7.15. The minimum Gasteiger partial charge on any atom is -0.212 e. The van der Waals surface area contributed by atoms with Gasteiger partial charge in [-0.2, -0.15) is 0 Å².